The fourth-order valence-corrected chi connectivity index (χ4v) is 2.85. The highest BCUT2D eigenvalue weighted by molar-refractivity contribution is 6.02. The van der Waals surface area contributed by atoms with Crippen LogP contribution in [0.25, 0.3) is 0 Å². The lowest BCUT2D eigenvalue weighted by atomic mass is 9.97. The van der Waals surface area contributed by atoms with E-state index in [0.29, 0.717) is 17.8 Å². The minimum Gasteiger partial charge on any atom is -0.397 e. The maximum atomic E-state index is 12.5. The molecule has 1 heterocycles. The van der Waals surface area contributed by atoms with Gasteiger partial charge in [0.1, 0.15) is 0 Å². The van der Waals surface area contributed by atoms with E-state index < -0.39 is 0 Å². The van der Waals surface area contributed by atoms with Crippen LogP contribution >= 0.6 is 0 Å². The van der Waals surface area contributed by atoms with Crippen molar-refractivity contribution in [3.63, 3.8) is 0 Å². The molecule has 1 aromatic carbocycles. The average molecular weight is 304 g/mol. The van der Waals surface area contributed by atoms with E-state index in [1.165, 1.54) is 0 Å². The minimum atomic E-state index is -0.0372. The number of carbonyl (C=O) groups excluding carboxylic acids is 1. The highest BCUT2D eigenvalue weighted by Gasteiger charge is 2.22. The highest BCUT2D eigenvalue weighted by Crippen LogP contribution is 2.32. The normalized spacial score (nSPS) is 15.7. The van der Waals surface area contributed by atoms with E-state index in [0.717, 1.165) is 49.6 Å². The summed E-state index contributed by atoms with van der Waals surface area (Å²) in [5, 5.41) is 6.07. The van der Waals surface area contributed by atoms with Gasteiger partial charge in [-0.1, -0.05) is 13.8 Å². The number of nitrogens with two attached hydrogens (primary N) is 1. The lowest BCUT2D eigenvalue weighted by Gasteiger charge is -2.33. The Morgan fingerprint density at radius 3 is 2.64 bits per heavy atom. The first-order valence-electron chi connectivity index (χ1n) is 8.21. The monoisotopic (exact) mass is 304 g/mol. The van der Waals surface area contributed by atoms with Crippen LogP contribution in [0, 0.1) is 5.92 Å². The van der Waals surface area contributed by atoms with Crippen LogP contribution < -0.4 is 21.3 Å². The molecule has 1 aromatic rings. The fourth-order valence-electron chi connectivity index (χ4n) is 2.85. The number of anilines is 3. The van der Waals surface area contributed by atoms with E-state index >= 15 is 0 Å². The molecule has 1 aliphatic heterocycles. The summed E-state index contributed by atoms with van der Waals surface area (Å²) in [5.74, 6) is 0.719. The molecule has 1 aliphatic rings. The van der Waals surface area contributed by atoms with Gasteiger partial charge in [-0.3, -0.25) is 4.79 Å². The van der Waals surface area contributed by atoms with Gasteiger partial charge in [-0.15, -0.1) is 0 Å². The summed E-state index contributed by atoms with van der Waals surface area (Å²) in [7, 11) is 1.85. The molecule has 4 N–H and O–H groups in total. The van der Waals surface area contributed by atoms with E-state index in [1.54, 1.807) is 6.07 Å². The molecule has 0 aliphatic carbocycles. The molecule has 1 amide bonds. The van der Waals surface area contributed by atoms with Crippen molar-refractivity contribution in [2.24, 2.45) is 5.92 Å². The molecule has 2 rings (SSSR count). The number of carbonyl (C=O) groups is 1. The van der Waals surface area contributed by atoms with Crippen molar-refractivity contribution in [2.75, 3.05) is 42.6 Å². The summed E-state index contributed by atoms with van der Waals surface area (Å²) >= 11 is 0. The third-order valence-electron chi connectivity index (χ3n) is 4.34. The number of nitrogen functional groups attached to an aromatic ring is 1. The maximum Gasteiger partial charge on any atom is 0.253 e. The van der Waals surface area contributed by atoms with Crippen LogP contribution in [0.2, 0.25) is 0 Å². The van der Waals surface area contributed by atoms with Crippen LogP contribution in [0.5, 0.6) is 0 Å². The van der Waals surface area contributed by atoms with E-state index in [4.69, 9.17) is 5.73 Å². The standard InChI is InChI=1S/C17H28N4O/c1-4-7-20-17(22)13-10-14(18)15(19-3)11-16(13)21-8-5-12(2)6-9-21/h10-12,19H,4-9,18H2,1-3H3,(H,20,22). The zero-order valence-corrected chi connectivity index (χ0v) is 13.9. The van der Waals surface area contributed by atoms with Crippen molar-refractivity contribution < 1.29 is 4.79 Å². The largest absolute Gasteiger partial charge is 0.397 e. The van der Waals surface area contributed by atoms with Crippen LogP contribution in [-0.2, 0) is 0 Å². The SMILES string of the molecule is CCCNC(=O)c1cc(N)c(NC)cc1N1CCC(C)CC1. The van der Waals surface area contributed by atoms with Crippen molar-refractivity contribution >= 4 is 23.0 Å². The fraction of sp³-hybridized carbons (Fsp3) is 0.588. The summed E-state index contributed by atoms with van der Waals surface area (Å²) in [4.78, 5) is 14.8. The Kier molecular flexibility index (Phi) is 5.52. The number of hydrogen-bond donors (Lipinski definition) is 3. The Bertz CT molecular complexity index is 522. The van der Waals surface area contributed by atoms with E-state index in [-0.39, 0.29) is 5.91 Å². The second-order valence-corrected chi connectivity index (χ2v) is 6.13. The van der Waals surface area contributed by atoms with Gasteiger partial charge in [-0.2, -0.15) is 0 Å². The number of amides is 1. The van der Waals surface area contributed by atoms with Crippen LogP contribution in [0.15, 0.2) is 12.1 Å². The molecule has 0 saturated carbocycles. The van der Waals surface area contributed by atoms with Gasteiger partial charge in [0, 0.05) is 26.7 Å². The first kappa shape index (κ1) is 16.5. The van der Waals surface area contributed by atoms with Gasteiger partial charge >= 0.3 is 0 Å². The highest BCUT2D eigenvalue weighted by atomic mass is 16.1. The summed E-state index contributed by atoms with van der Waals surface area (Å²) in [6.45, 7) is 6.99. The van der Waals surface area contributed by atoms with E-state index in [9.17, 15) is 4.79 Å². The lowest BCUT2D eigenvalue weighted by Crippen LogP contribution is -2.35. The van der Waals surface area contributed by atoms with Crippen LogP contribution in [-0.4, -0.2) is 32.6 Å². The third kappa shape index (κ3) is 3.64. The number of piperidine rings is 1. The Morgan fingerprint density at radius 2 is 2.05 bits per heavy atom. The summed E-state index contributed by atoms with van der Waals surface area (Å²) in [6, 6.07) is 3.80. The first-order chi connectivity index (χ1) is 10.6. The van der Waals surface area contributed by atoms with Crippen LogP contribution in [0.4, 0.5) is 17.1 Å². The van der Waals surface area contributed by atoms with Gasteiger partial charge in [0.05, 0.1) is 22.6 Å². The molecule has 0 aromatic heterocycles. The number of hydrogen-bond acceptors (Lipinski definition) is 4. The molecular formula is C17H28N4O. The van der Waals surface area contributed by atoms with Gasteiger partial charge in [0.25, 0.3) is 5.91 Å². The molecule has 1 saturated heterocycles. The van der Waals surface area contributed by atoms with E-state index in [1.807, 2.05) is 20.0 Å². The Labute approximate surface area is 133 Å². The summed E-state index contributed by atoms with van der Waals surface area (Å²) < 4.78 is 0. The van der Waals surface area contributed by atoms with Crippen LogP contribution in [0.1, 0.15) is 43.5 Å². The second kappa shape index (κ2) is 7.38. The summed E-state index contributed by atoms with van der Waals surface area (Å²) in [5.41, 5.74) is 9.21. The number of nitrogens with zero attached hydrogens (tertiary/aromatic N) is 1. The predicted molar refractivity (Wildman–Crippen MR) is 93.6 cm³/mol. The molecular weight excluding hydrogens is 276 g/mol. The molecule has 0 bridgehead atoms. The maximum absolute atomic E-state index is 12.5. The second-order valence-electron chi connectivity index (χ2n) is 6.13. The van der Waals surface area contributed by atoms with Crippen LogP contribution in [0.3, 0.4) is 0 Å². The van der Waals surface area contributed by atoms with Crippen molar-refractivity contribution in [2.45, 2.75) is 33.1 Å². The molecule has 5 heteroatoms. The van der Waals surface area contributed by atoms with E-state index in [2.05, 4.69) is 22.5 Å². The van der Waals surface area contributed by atoms with Crippen molar-refractivity contribution in [3.05, 3.63) is 17.7 Å². The smallest absolute Gasteiger partial charge is 0.253 e. The molecule has 1 fully saturated rings. The molecule has 0 spiro atoms. The van der Waals surface area contributed by atoms with Crippen molar-refractivity contribution in [1.82, 2.24) is 5.32 Å². The predicted octanol–water partition coefficient (Wildman–Crippen LogP) is 2.69. The first-order valence-corrected chi connectivity index (χ1v) is 8.21. The van der Waals surface area contributed by atoms with Gasteiger partial charge in [0.2, 0.25) is 0 Å². The molecule has 0 atom stereocenters. The quantitative estimate of drug-likeness (QED) is 0.732. The van der Waals surface area contributed by atoms with Crippen molar-refractivity contribution in [3.8, 4) is 0 Å². The topological polar surface area (TPSA) is 70.4 Å². The lowest BCUT2D eigenvalue weighted by molar-refractivity contribution is 0.0954. The molecule has 22 heavy (non-hydrogen) atoms. The summed E-state index contributed by atoms with van der Waals surface area (Å²) in [6.07, 6.45) is 3.25. The van der Waals surface area contributed by atoms with Gasteiger partial charge in [0.15, 0.2) is 0 Å². The zero-order valence-electron chi connectivity index (χ0n) is 13.9. The molecule has 122 valence electrons. The van der Waals surface area contributed by atoms with Gasteiger partial charge in [-0.25, -0.2) is 0 Å². The van der Waals surface area contributed by atoms with Gasteiger partial charge in [-0.05, 0) is 37.3 Å². The number of rotatable bonds is 5. The molecule has 5 nitrogen and oxygen atoms in total. The van der Waals surface area contributed by atoms with Crippen molar-refractivity contribution in [1.29, 1.82) is 0 Å². The zero-order chi connectivity index (χ0) is 16.1. The number of benzene rings is 1. The molecule has 0 unspecified atom stereocenters. The molecule has 0 radical (unpaired) electrons. The third-order valence-corrected chi connectivity index (χ3v) is 4.34. The van der Waals surface area contributed by atoms with Gasteiger partial charge < -0.3 is 21.3 Å². The average Bonchev–Trinajstić information content (AvgIpc) is 2.53. The Morgan fingerprint density at radius 1 is 1.36 bits per heavy atom. The minimum absolute atomic E-state index is 0.0372. The Hall–Kier alpha value is -1.91. The number of nitrogens with one attached hydrogen (secondary N) is 2. The Balaban J connectivity index is 2.33.